The van der Waals surface area contributed by atoms with Crippen LogP contribution in [0.15, 0.2) is 72.8 Å². The Kier molecular flexibility index (Phi) is 18.7. The van der Waals surface area contributed by atoms with E-state index in [1.165, 1.54) is 25.1 Å². The molecule has 6 atom stereocenters. The van der Waals surface area contributed by atoms with Crippen LogP contribution in [0.1, 0.15) is 63.0 Å². The van der Waals surface area contributed by atoms with Gasteiger partial charge in [-0.3, -0.25) is 24.8 Å². The number of allylic oxidation sites excluding steroid dienone is 2. The maximum Gasteiger partial charge on any atom is 0.416 e. The normalized spacial score (nSPS) is 19.8. The lowest BCUT2D eigenvalue weighted by atomic mass is 9.89. The number of amides is 1. The van der Waals surface area contributed by atoms with Crippen molar-refractivity contribution in [3.63, 3.8) is 0 Å². The van der Waals surface area contributed by atoms with E-state index < -0.39 is 59.3 Å². The van der Waals surface area contributed by atoms with E-state index in [9.17, 15) is 42.9 Å². The SMILES string of the molecule is CC(NC(=O)CCC/C=C\C[C@@H]1[C@@H](/C=C/[C@@H](O)COc2cccc(C(F)(F)F)c2)[C@H](O)C[C@@H]1O)C(=O)Oc1ccc(CCOC(=O)CCCON(O)O)cc1. The van der Waals surface area contributed by atoms with Crippen LogP contribution in [0.5, 0.6) is 11.5 Å². The fourth-order valence-corrected chi connectivity index (χ4v) is 5.73. The minimum atomic E-state index is -4.53. The Morgan fingerprint density at radius 3 is 2.44 bits per heavy atom. The van der Waals surface area contributed by atoms with Crippen molar-refractivity contribution in [2.45, 2.75) is 88.8 Å². The molecular weight excluding hydrogens is 733 g/mol. The Morgan fingerprint density at radius 2 is 1.73 bits per heavy atom. The number of ether oxygens (including phenoxy) is 3. The first kappa shape index (κ1) is 45.0. The van der Waals surface area contributed by atoms with Crippen molar-refractivity contribution in [2.75, 3.05) is 19.8 Å². The lowest BCUT2D eigenvalue weighted by Crippen LogP contribution is -2.40. The molecule has 1 saturated carbocycles. The maximum absolute atomic E-state index is 12.9. The summed E-state index contributed by atoms with van der Waals surface area (Å²) in [6, 6.07) is 9.99. The standard InChI is InChI=1S/C38H49F3N2O12/c1-25(37(49)55-29-16-13-26(14-17-29)19-21-52-36(48)12-7-20-54-43(50)51)42-35(47)11-5-3-2-4-10-31-32(34(46)23-33(31)45)18-15-28(44)24-53-30-9-6-8-27(22-30)38(39,40)41/h2,4,6,8-9,13-18,22,25,28,31-34,44-46,50-51H,3,5,7,10-12,19-21,23-24H2,1H3,(H,42,47)/b4-2-,18-15+/t25?,28-,31-,32-,33+,34-/m1/s1. The largest absolute Gasteiger partial charge is 0.491 e. The molecule has 1 aliphatic rings. The van der Waals surface area contributed by atoms with Crippen LogP contribution in [0.2, 0.25) is 0 Å². The molecule has 3 rings (SSSR count). The van der Waals surface area contributed by atoms with Gasteiger partial charge in [-0.05, 0) is 74.4 Å². The van der Waals surface area contributed by atoms with Gasteiger partial charge in [-0.25, -0.2) is 4.79 Å². The molecule has 55 heavy (non-hydrogen) atoms. The third kappa shape index (κ3) is 16.9. The van der Waals surface area contributed by atoms with Gasteiger partial charge in [0.05, 0.1) is 36.4 Å². The van der Waals surface area contributed by atoms with Gasteiger partial charge in [-0.2, -0.15) is 13.2 Å². The lowest BCUT2D eigenvalue weighted by molar-refractivity contribution is -0.492. The Morgan fingerprint density at radius 1 is 0.982 bits per heavy atom. The van der Waals surface area contributed by atoms with Crippen molar-refractivity contribution >= 4 is 17.8 Å². The van der Waals surface area contributed by atoms with E-state index in [1.54, 1.807) is 30.3 Å². The number of halogens is 3. The summed E-state index contributed by atoms with van der Waals surface area (Å²) in [5.41, 5.74) is -0.0410. The molecule has 304 valence electrons. The van der Waals surface area contributed by atoms with Gasteiger partial charge in [0.25, 0.3) is 0 Å². The number of hydrogen-bond acceptors (Lipinski definition) is 13. The fraction of sp³-hybridized carbons (Fsp3) is 0.500. The number of carbonyl (C=O) groups excluding carboxylic acids is 3. The topological polar surface area (TPSA) is 205 Å². The molecule has 6 N–H and O–H groups in total. The Labute approximate surface area is 316 Å². The predicted octanol–water partition coefficient (Wildman–Crippen LogP) is 4.46. The zero-order valence-corrected chi connectivity index (χ0v) is 30.3. The first-order valence-electron chi connectivity index (χ1n) is 17.9. The quantitative estimate of drug-likeness (QED) is 0.0321. The molecule has 0 aliphatic heterocycles. The molecule has 1 fully saturated rings. The minimum Gasteiger partial charge on any atom is -0.491 e. The number of benzene rings is 2. The first-order chi connectivity index (χ1) is 26.1. The van der Waals surface area contributed by atoms with Gasteiger partial charge in [0.15, 0.2) is 0 Å². The van der Waals surface area contributed by atoms with E-state index in [1.807, 2.05) is 12.2 Å². The maximum atomic E-state index is 12.9. The second-order valence-electron chi connectivity index (χ2n) is 13.0. The molecular formula is C38H49F3N2O12. The Bertz CT molecular complexity index is 1550. The predicted molar refractivity (Wildman–Crippen MR) is 188 cm³/mol. The summed E-state index contributed by atoms with van der Waals surface area (Å²) in [6.45, 7) is 1.26. The third-order valence-electron chi connectivity index (χ3n) is 8.66. The number of hydrogen-bond donors (Lipinski definition) is 6. The smallest absolute Gasteiger partial charge is 0.416 e. The van der Waals surface area contributed by atoms with Gasteiger partial charge in [0.1, 0.15) is 30.3 Å². The molecule has 0 aromatic heterocycles. The molecule has 2 aromatic rings. The van der Waals surface area contributed by atoms with Crippen LogP contribution < -0.4 is 14.8 Å². The summed E-state index contributed by atoms with van der Waals surface area (Å²) in [6.07, 6.45) is 1.80. The lowest BCUT2D eigenvalue weighted by Gasteiger charge is -2.19. The second-order valence-corrected chi connectivity index (χ2v) is 13.0. The van der Waals surface area contributed by atoms with E-state index in [0.29, 0.717) is 25.7 Å². The molecule has 2 aromatic carbocycles. The second kappa shape index (κ2) is 22.9. The van der Waals surface area contributed by atoms with Crippen molar-refractivity contribution < 1.29 is 72.3 Å². The van der Waals surface area contributed by atoms with Gasteiger partial charge in [0.2, 0.25) is 5.91 Å². The summed E-state index contributed by atoms with van der Waals surface area (Å²) in [7, 11) is 0. The van der Waals surface area contributed by atoms with Crippen molar-refractivity contribution in [1.82, 2.24) is 10.7 Å². The van der Waals surface area contributed by atoms with Crippen molar-refractivity contribution in [3.8, 4) is 11.5 Å². The Balaban J connectivity index is 1.32. The average molecular weight is 783 g/mol. The van der Waals surface area contributed by atoms with Crippen LogP contribution in [0.25, 0.3) is 0 Å². The molecule has 1 amide bonds. The van der Waals surface area contributed by atoms with Gasteiger partial charge in [-0.1, -0.05) is 42.5 Å². The van der Waals surface area contributed by atoms with Gasteiger partial charge in [-0.15, -0.1) is 0 Å². The monoisotopic (exact) mass is 782 g/mol. The number of nitrogens with zero attached hydrogens (tertiary/aromatic N) is 1. The minimum absolute atomic E-state index is 0.0444. The van der Waals surface area contributed by atoms with Crippen molar-refractivity contribution in [3.05, 3.63) is 84.0 Å². The average Bonchev–Trinajstić information content (AvgIpc) is 3.40. The number of aliphatic hydroxyl groups excluding tert-OH is 3. The molecule has 0 bridgehead atoms. The van der Waals surface area contributed by atoms with Crippen LogP contribution in [-0.4, -0.2) is 93.1 Å². The van der Waals surface area contributed by atoms with Crippen LogP contribution in [0, 0.1) is 11.8 Å². The number of aliphatic hydroxyl groups is 3. The zero-order chi connectivity index (χ0) is 40.4. The number of carbonyl (C=O) groups is 3. The van der Waals surface area contributed by atoms with E-state index in [0.717, 1.165) is 17.7 Å². The van der Waals surface area contributed by atoms with Crippen LogP contribution in [0.4, 0.5) is 13.2 Å². The molecule has 0 radical (unpaired) electrons. The summed E-state index contributed by atoms with van der Waals surface area (Å²) in [5, 5.41) is 50.4. The van der Waals surface area contributed by atoms with E-state index >= 15 is 0 Å². The first-order valence-corrected chi connectivity index (χ1v) is 17.9. The number of unbranched alkanes of at least 4 members (excludes halogenated alkanes) is 1. The van der Waals surface area contributed by atoms with Gasteiger partial charge >= 0.3 is 18.1 Å². The summed E-state index contributed by atoms with van der Waals surface area (Å²) < 4.78 is 54.6. The highest BCUT2D eigenvalue weighted by molar-refractivity contribution is 5.85. The Hall–Kier alpha value is -4.36. The highest BCUT2D eigenvalue weighted by Crippen LogP contribution is 2.36. The summed E-state index contributed by atoms with van der Waals surface area (Å²) >= 11 is 0. The molecule has 1 unspecified atom stereocenters. The fourth-order valence-electron chi connectivity index (χ4n) is 5.73. The van der Waals surface area contributed by atoms with Gasteiger partial charge in [0, 0.05) is 31.6 Å². The highest BCUT2D eigenvalue weighted by atomic mass is 19.4. The van der Waals surface area contributed by atoms with Crippen molar-refractivity contribution in [2.24, 2.45) is 11.8 Å². The molecule has 0 heterocycles. The molecule has 0 saturated heterocycles. The third-order valence-corrected chi connectivity index (χ3v) is 8.66. The van der Waals surface area contributed by atoms with Crippen molar-refractivity contribution in [1.29, 1.82) is 0 Å². The molecule has 0 spiro atoms. The number of rotatable bonds is 22. The molecule has 14 nitrogen and oxygen atoms in total. The zero-order valence-electron chi connectivity index (χ0n) is 30.3. The van der Waals surface area contributed by atoms with E-state index in [4.69, 9.17) is 24.6 Å². The summed E-state index contributed by atoms with van der Waals surface area (Å²) in [5.74, 6) is -2.04. The number of nitrogens with one attached hydrogen (secondary N) is 1. The van der Waals surface area contributed by atoms with Gasteiger partial charge < -0.3 is 34.8 Å². The summed E-state index contributed by atoms with van der Waals surface area (Å²) in [4.78, 5) is 41.0. The number of esters is 2. The number of alkyl halides is 3. The highest BCUT2D eigenvalue weighted by Gasteiger charge is 2.39. The van der Waals surface area contributed by atoms with E-state index in [2.05, 4.69) is 10.2 Å². The van der Waals surface area contributed by atoms with Crippen LogP contribution in [-0.2, 0) is 36.6 Å². The van der Waals surface area contributed by atoms with Crippen LogP contribution in [0.3, 0.4) is 0 Å². The van der Waals surface area contributed by atoms with E-state index in [-0.39, 0.29) is 68.8 Å². The van der Waals surface area contributed by atoms with Crippen LogP contribution >= 0.6 is 0 Å². The molecule has 17 heteroatoms. The molecule has 1 aliphatic carbocycles.